The molecule has 0 saturated carbocycles. The van der Waals surface area contributed by atoms with Crippen LogP contribution in [0.25, 0.3) is 0 Å². The Balaban J connectivity index is 1.92. The van der Waals surface area contributed by atoms with Crippen LogP contribution in [0, 0.1) is 0 Å². The highest BCUT2D eigenvalue weighted by Gasteiger charge is 2.23. The van der Waals surface area contributed by atoms with E-state index < -0.39 is 12.2 Å². The molecule has 0 amide bonds. The van der Waals surface area contributed by atoms with Crippen LogP contribution in [-0.4, -0.2) is 131 Å². The van der Waals surface area contributed by atoms with Crippen LogP contribution in [0.4, 0.5) is 11.6 Å². The summed E-state index contributed by atoms with van der Waals surface area (Å²) in [6.07, 6.45) is -1.54. The van der Waals surface area contributed by atoms with Crippen molar-refractivity contribution in [3.8, 4) is 11.8 Å². The molecule has 0 bridgehead atoms. The fourth-order valence-corrected chi connectivity index (χ4v) is 4.32. The van der Waals surface area contributed by atoms with Crippen LogP contribution in [0.5, 0.6) is 11.8 Å². The van der Waals surface area contributed by atoms with E-state index in [4.69, 9.17) is 18.9 Å². The summed E-state index contributed by atoms with van der Waals surface area (Å²) in [5, 5.41) is 36.7. The molecule has 2 aliphatic rings. The number of aromatic nitrogens is 4. The lowest BCUT2D eigenvalue weighted by Crippen LogP contribution is -2.42. The SMILES string of the molecule is CC(C)(C)NC[C@H](O)COc1nsnc(N2CCOCC2)c(OC[C@@H](O)CNC(C)(C)C)nnc1N1CCOCC1. The number of anilines is 2. The maximum atomic E-state index is 10.6. The Hall–Kier alpha value is -2.14. The Kier molecular flexibility index (Phi) is 12.9. The maximum Gasteiger partial charge on any atom is 0.278 e. The average molecular weight is 601 g/mol. The average Bonchev–Trinajstić information content (AvgIpc) is 3.02. The Morgan fingerprint density at radius 2 is 1.20 bits per heavy atom. The van der Waals surface area contributed by atoms with Gasteiger partial charge in [0.1, 0.15) is 25.4 Å². The van der Waals surface area contributed by atoms with Gasteiger partial charge in [-0.15, -0.1) is 14.6 Å². The van der Waals surface area contributed by atoms with Gasteiger partial charge in [-0.2, -0.15) is 4.37 Å². The molecule has 0 radical (unpaired) electrons. The lowest BCUT2D eigenvalue weighted by atomic mass is 10.1. The van der Waals surface area contributed by atoms with E-state index in [0.29, 0.717) is 77.3 Å². The third-order valence-corrected chi connectivity index (χ3v) is 6.55. The van der Waals surface area contributed by atoms with E-state index in [-0.39, 0.29) is 36.1 Å². The zero-order valence-corrected chi connectivity index (χ0v) is 26.1. The molecule has 0 unspecified atom stereocenters. The van der Waals surface area contributed by atoms with Gasteiger partial charge in [0.2, 0.25) is 11.6 Å². The number of hydrogen-bond acceptors (Lipinski definition) is 15. The molecule has 2 saturated heterocycles. The second kappa shape index (κ2) is 15.9. The second-order valence-corrected chi connectivity index (χ2v) is 12.6. The Labute approximate surface area is 247 Å². The van der Waals surface area contributed by atoms with Crippen molar-refractivity contribution in [1.29, 1.82) is 0 Å². The molecule has 4 N–H and O–H groups in total. The molecule has 14 nitrogen and oxygen atoms in total. The molecule has 0 spiro atoms. The van der Waals surface area contributed by atoms with E-state index in [0.717, 1.165) is 11.7 Å². The van der Waals surface area contributed by atoms with Crippen molar-refractivity contribution in [3.05, 3.63) is 0 Å². The topological polar surface area (TPSA) is 159 Å². The fraction of sp³-hybridized carbons (Fsp3) is 0.846. The van der Waals surface area contributed by atoms with Gasteiger partial charge in [0.15, 0.2) is 0 Å². The first-order valence-electron chi connectivity index (χ1n) is 14.2. The zero-order chi connectivity index (χ0) is 29.9. The van der Waals surface area contributed by atoms with Crippen LogP contribution in [-0.2, 0) is 9.47 Å². The molecular weight excluding hydrogens is 552 g/mol. The fourth-order valence-electron chi connectivity index (χ4n) is 3.80. The van der Waals surface area contributed by atoms with Crippen molar-refractivity contribution < 1.29 is 29.2 Å². The van der Waals surface area contributed by atoms with Gasteiger partial charge in [0.25, 0.3) is 11.8 Å². The van der Waals surface area contributed by atoms with E-state index in [1.165, 1.54) is 0 Å². The second-order valence-electron chi connectivity index (χ2n) is 12.1. The molecule has 2 atom stereocenters. The van der Waals surface area contributed by atoms with Crippen molar-refractivity contribution >= 4 is 23.4 Å². The first-order valence-corrected chi connectivity index (χ1v) is 14.9. The number of rotatable bonds is 12. The number of hydrogen-bond donors (Lipinski definition) is 4. The summed E-state index contributed by atoms with van der Waals surface area (Å²) in [7, 11) is 0. The first-order chi connectivity index (χ1) is 19.4. The number of β-amino-alcohol motifs (C(OH)–C–C–N with tert-alkyl or cyclic N) is 2. The molecule has 0 aliphatic carbocycles. The smallest absolute Gasteiger partial charge is 0.278 e. The van der Waals surface area contributed by atoms with Gasteiger partial charge in [0.05, 0.1) is 38.2 Å². The quantitative estimate of drug-likeness (QED) is 0.261. The van der Waals surface area contributed by atoms with Gasteiger partial charge < -0.3 is 49.6 Å². The van der Waals surface area contributed by atoms with Gasteiger partial charge in [0, 0.05) is 50.3 Å². The van der Waals surface area contributed by atoms with E-state index in [1.54, 1.807) is 0 Å². The van der Waals surface area contributed by atoms with Crippen LogP contribution in [0.1, 0.15) is 41.5 Å². The lowest BCUT2D eigenvalue weighted by molar-refractivity contribution is 0.0959. The summed E-state index contributed by atoms with van der Waals surface area (Å²) in [6.45, 7) is 17.3. The Morgan fingerprint density at radius 3 is 1.68 bits per heavy atom. The van der Waals surface area contributed by atoms with Crippen LogP contribution in [0.3, 0.4) is 0 Å². The summed E-state index contributed by atoms with van der Waals surface area (Å²) in [5.74, 6) is 1.23. The van der Waals surface area contributed by atoms with Crippen molar-refractivity contribution in [1.82, 2.24) is 29.6 Å². The minimum absolute atomic E-state index is 0.00443. The molecule has 1 aromatic rings. The molecule has 1 aromatic heterocycles. The Morgan fingerprint density at radius 1 is 0.732 bits per heavy atom. The van der Waals surface area contributed by atoms with E-state index in [9.17, 15) is 10.2 Å². The third kappa shape index (κ3) is 12.3. The summed E-state index contributed by atoms with van der Waals surface area (Å²) in [4.78, 5) is 3.98. The molecular formula is C26H48N8O6S. The number of ether oxygens (including phenoxy) is 4. The number of aliphatic hydroxyl groups is 2. The number of morpholine rings is 2. The largest absolute Gasteiger partial charge is 0.472 e. The molecule has 15 heteroatoms. The minimum atomic E-state index is -0.774. The van der Waals surface area contributed by atoms with Gasteiger partial charge in [-0.1, -0.05) is 0 Å². The van der Waals surface area contributed by atoms with Gasteiger partial charge in [-0.25, -0.2) is 0 Å². The predicted octanol–water partition coefficient (Wildman–Crippen LogP) is 0.381. The standard InChI is InChI=1S/C26H48N8O6S/c1-25(2,3)27-15-19(35)17-39-23-22(34-9-13-38-14-10-34)31-41-32-24(40-18-20(36)16-28-26(4,5)6)21(29-30-23)33-7-11-37-12-8-33/h19-20,27-28,35-36H,7-18H2,1-6H3/t19-,20-/m0/s1. The van der Waals surface area contributed by atoms with E-state index in [1.807, 2.05) is 51.3 Å². The van der Waals surface area contributed by atoms with Crippen LogP contribution < -0.4 is 29.9 Å². The van der Waals surface area contributed by atoms with Crippen molar-refractivity contribution in [2.24, 2.45) is 0 Å². The highest BCUT2D eigenvalue weighted by molar-refractivity contribution is 6.99. The summed E-state index contributed by atoms with van der Waals surface area (Å²) in [5.41, 5.74) is -0.284. The van der Waals surface area contributed by atoms with Crippen LogP contribution in [0.2, 0.25) is 0 Å². The van der Waals surface area contributed by atoms with Crippen LogP contribution >= 0.6 is 11.7 Å². The molecule has 3 rings (SSSR count). The third-order valence-electron chi connectivity index (χ3n) is 6.05. The summed E-state index contributed by atoms with van der Waals surface area (Å²) in [6, 6.07) is 0. The highest BCUT2D eigenvalue weighted by Crippen LogP contribution is 2.27. The van der Waals surface area contributed by atoms with E-state index in [2.05, 4.69) is 29.6 Å². The van der Waals surface area contributed by atoms with Crippen molar-refractivity contribution in [3.63, 3.8) is 0 Å². The molecule has 2 aliphatic heterocycles. The maximum absolute atomic E-state index is 10.6. The van der Waals surface area contributed by atoms with Gasteiger partial charge in [-0.3, -0.25) is 0 Å². The molecule has 41 heavy (non-hydrogen) atoms. The van der Waals surface area contributed by atoms with Crippen LogP contribution in [0.15, 0.2) is 0 Å². The predicted molar refractivity (Wildman–Crippen MR) is 158 cm³/mol. The number of nitrogens with zero attached hydrogens (tertiary/aromatic N) is 6. The number of aliphatic hydroxyl groups excluding tert-OH is 2. The minimum Gasteiger partial charge on any atom is -0.472 e. The monoisotopic (exact) mass is 600 g/mol. The van der Waals surface area contributed by atoms with Crippen molar-refractivity contribution in [2.45, 2.75) is 64.8 Å². The zero-order valence-electron chi connectivity index (χ0n) is 25.3. The molecule has 0 aromatic carbocycles. The highest BCUT2D eigenvalue weighted by atomic mass is 32.1. The van der Waals surface area contributed by atoms with Crippen molar-refractivity contribution in [2.75, 3.05) is 88.7 Å². The summed E-state index contributed by atoms with van der Waals surface area (Å²) >= 11 is 0.938. The summed E-state index contributed by atoms with van der Waals surface area (Å²) < 4.78 is 32.3. The van der Waals surface area contributed by atoms with Gasteiger partial charge >= 0.3 is 0 Å². The van der Waals surface area contributed by atoms with E-state index >= 15 is 0 Å². The Bertz CT molecular complexity index is 976. The molecule has 3 heterocycles. The van der Waals surface area contributed by atoms with Gasteiger partial charge in [-0.05, 0) is 41.5 Å². The number of nitrogens with one attached hydrogen (secondary N) is 2. The normalized spacial score (nSPS) is 18.0. The first kappa shape index (κ1) is 33.4. The molecule has 2 fully saturated rings. The lowest BCUT2D eigenvalue weighted by Gasteiger charge is -2.28. The molecule has 234 valence electrons.